The lowest BCUT2D eigenvalue weighted by Gasteiger charge is -2.26. The van der Waals surface area contributed by atoms with Gasteiger partial charge in [0.25, 0.3) is 0 Å². The number of sulfonamides is 1. The van der Waals surface area contributed by atoms with Gasteiger partial charge in [-0.25, -0.2) is 8.42 Å². The van der Waals surface area contributed by atoms with Crippen LogP contribution in [0.5, 0.6) is 0 Å². The van der Waals surface area contributed by atoms with Gasteiger partial charge in [-0.2, -0.15) is 0 Å². The van der Waals surface area contributed by atoms with E-state index in [4.69, 9.17) is 4.74 Å². The Morgan fingerprint density at radius 1 is 1.19 bits per heavy atom. The molecule has 9 nitrogen and oxygen atoms in total. The SMILES string of the molecule is CC(=O)Nc1cccc(NS(=O)(=O)CCC(=O)NCCN2CCOCC2)c1. The second kappa shape index (κ2) is 10.2. The van der Waals surface area contributed by atoms with E-state index < -0.39 is 10.0 Å². The first-order valence-electron chi connectivity index (χ1n) is 8.79. The molecule has 0 atom stereocenters. The van der Waals surface area contributed by atoms with Crippen molar-refractivity contribution in [3.63, 3.8) is 0 Å². The van der Waals surface area contributed by atoms with E-state index >= 15 is 0 Å². The van der Waals surface area contributed by atoms with Crippen LogP contribution in [0, 0.1) is 0 Å². The Labute approximate surface area is 159 Å². The Kier molecular flexibility index (Phi) is 8.01. The highest BCUT2D eigenvalue weighted by molar-refractivity contribution is 7.92. The van der Waals surface area contributed by atoms with Crippen molar-refractivity contribution in [2.24, 2.45) is 0 Å². The number of hydrogen-bond donors (Lipinski definition) is 3. The Balaban J connectivity index is 1.73. The molecule has 150 valence electrons. The summed E-state index contributed by atoms with van der Waals surface area (Å²) in [6.07, 6.45) is -0.121. The molecule has 0 saturated carbocycles. The molecular formula is C17H26N4O5S. The molecule has 2 amide bonds. The quantitative estimate of drug-likeness (QED) is 0.548. The number of benzene rings is 1. The molecule has 10 heteroatoms. The fraction of sp³-hybridized carbons (Fsp3) is 0.529. The number of carbonyl (C=O) groups is 2. The topological polar surface area (TPSA) is 117 Å². The van der Waals surface area contributed by atoms with Gasteiger partial charge in [-0.15, -0.1) is 0 Å². The molecule has 1 aromatic carbocycles. The van der Waals surface area contributed by atoms with Gasteiger partial charge in [-0.3, -0.25) is 19.2 Å². The first kappa shape index (κ1) is 21.1. The minimum absolute atomic E-state index is 0.121. The summed E-state index contributed by atoms with van der Waals surface area (Å²) in [5.74, 6) is -0.870. The Bertz CT molecular complexity index is 747. The molecule has 1 aromatic rings. The summed E-state index contributed by atoms with van der Waals surface area (Å²) in [6, 6.07) is 6.37. The van der Waals surface area contributed by atoms with Crippen LogP contribution in [0.4, 0.5) is 11.4 Å². The van der Waals surface area contributed by atoms with E-state index in [0.717, 1.165) is 19.6 Å². The maximum Gasteiger partial charge on any atom is 0.233 e. The molecule has 1 aliphatic heterocycles. The number of hydrogen-bond acceptors (Lipinski definition) is 6. The Morgan fingerprint density at radius 2 is 1.89 bits per heavy atom. The standard InChI is InChI=1S/C17H26N4O5S/c1-14(22)19-15-3-2-4-16(13-15)20-27(24,25)12-5-17(23)18-6-7-21-8-10-26-11-9-21/h2-4,13,20H,5-12H2,1H3,(H,18,23)(H,19,22). The van der Waals surface area contributed by atoms with Gasteiger partial charge in [0.05, 0.1) is 24.7 Å². The second-order valence-electron chi connectivity index (χ2n) is 6.24. The van der Waals surface area contributed by atoms with E-state index in [-0.39, 0.29) is 24.0 Å². The predicted molar refractivity (Wildman–Crippen MR) is 103 cm³/mol. The van der Waals surface area contributed by atoms with E-state index in [1.807, 2.05) is 0 Å². The fourth-order valence-electron chi connectivity index (χ4n) is 2.59. The van der Waals surface area contributed by atoms with E-state index in [2.05, 4.69) is 20.3 Å². The van der Waals surface area contributed by atoms with Crippen LogP contribution >= 0.6 is 0 Å². The molecule has 0 unspecified atom stereocenters. The van der Waals surface area contributed by atoms with Crippen LogP contribution in [0.1, 0.15) is 13.3 Å². The van der Waals surface area contributed by atoms with Crippen molar-refractivity contribution >= 4 is 33.2 Å². The number of rotatable bonds is 9. The number of morpholine rings is 1. The van der Waals surface area contributed by atoms with Crippen molar-refractivity contribution < 1.29 is 22.7 Å². The van der Waals surface area contributed by atoms with Gasteiger partial charge >= 0.3 is 0 Å². The van der Waals surface area contributed by atoms with Gasteiger partial charge in [0.15, 0.2) is 0 Å². The van der Waals surface area contributed by atoms with Gasteiger partial charge in [-0.05, 0) is 18.2 Å². The van der Waals surface area contributed by atoms with Crippen LogP contribution < -0.4 is 15.4 Å². The van der Waals surface area contributed by atoms with Crippen LogP contribution in [0.15, 0.2) is 24.3 Å². The van der Waals surface area contributed by atoms with Gasteiger partial charge in [0, 0.05) is 45.2 Å². The number of ether oxygens (including phenoxy) is 1. The van der Waals surface area contributed by atoms with E-state index in [1.54, 1.807) is 18.2 Å². The van der Waals surface area contributed by atoms with Gasteiger partial charge in [0.1, 0.15) is 0 Å². The number of nitrogens with zero attached hydrogens (tertiary/aromatic N) is 1. The molecule has 1 heterocycles. The van der Waals surface area contributed by atoms with E-state index in [1.165, 1.54) is 13.0 Å². The summed E-state index contributed by atoms with van der Waals surface area (Å²) < 4.78 is 32.0. The molecule has 2 rings (SSSR count). The van der Waals surface area contributed by atoms with Crippen molar-refractivity contribution in [1.82, 2.24) is 10.2 Å². The zero-order valence-electron chi connectivity index (χ0n) is 15.4. The number of nitrogens with one attached hydrogen (secondary N) is 3. The summed E-state index contributed by atoms with van der Waals surface area (Å²) in [7, 11) is -3.67. The molecule has 0 spiro atoms. The summed E-state index contributed by atoms with van der Waals surface area (Å²) >= 11 is 0. The molecule has 0 aliphatic carbocycles. The molecule has 0 bridgehead atoms. The average Bonchev–Trinajstić information content (AvgIpc) is 2.60. The van der Waals surface area contributed by atoms with E-state index in [9.17, 15) is 18.0 Å². The maximum absolute atomic E-state index is 12.2. The van der Waals surface area contributed by atoms with Crippen LogP contribution in [0.25, 0.3) is 0 Å². The van der Waals surface area contributed by atoms with Crippen LogP contribution in [-0.4, -0.2) is 70.3 Å². The predicted octanol–water partition coefficient (Wildman–Crippen LogP) is 0.225. The summed E-state index contributed by atoms with van der Waals surface area (Å²) in [5.41, 5.74) is 0.817. The minimum Gasteiger partial charge on any atom is -0.379 e. The van der Waals surface area contributed by atoms with E-state index in [0.29, 0.717) is 31.1 Å². The van der Waals surface area contributed by atoms with Crippen LogP contribution in [0.2, 0.25) is 0 Å². The highest BCUT2D eigenvalue weighted by Crippen LogP contribution is 2.16. The lowest BCUT2D eigenvalue weighted by molar-refractivity contribution is -0.120. The largest absolute Gasteiger partial charge is 0.379 e. The second-order valence-corrected chi connectivity index (χ2v) is 8.08. The maximum atomic E-state index is 12.2. The zero-order chi connectivity index (χ0) is 19.7. The molecule has 27 heavy (non-hydrogen) atoms. The highest BCUT2D eigenvalue weighted by Gasteiger charge is 2.15. The number of carbonyl (C=O) groups excluding carboxylic acids is 2. The third kappa shape index (κ3) is 8.37. The molecule has 1 aliphatic rings. The van der Waals surface area contributed by atoms with Gasteiger partial charge in [0.2, 0.25) is 21.8 Å². The van der Waals surface area contributed by atoms with Crippen molar-refractivity contribution in [3.8, 4) is 0 Å². The van der Waals surface area contributed by atoms with Crippen molar-refractivity contribution in [3.05, 3.63) is 24.3 Å². The number of amides is 2. The lowest BCUT2D eigenvalue weighted by atomic mass is 10.3. The summed E-state index contributed by atoms with van der Waals surface area (Å²) in [5, 5.41) is 5.32. The first-order valence-corrected chi connectivity index (χ1v) is 10.4. The smallest absolute Gasteiger partial charge is 0.233 e. The molecule has 0 aromatic heterocycles. The highest BCUT2D eigenvalue weighted by atomic mass is 32.2. The fourth-order valence-corrected chi connectivity index (χ4v) is 3.63. The van der Waals surface area contributed by atoms with Crippen LogP contribution in [0.3, 0.4) is 0 Å². The monoisotopic (exact) mass is 398 g/mol. The Hall–Kier alpha value is -2.17. The summed E-state index contributed by atoms with van der Waals surface area (Å²) in [4.78, 5) is 25.1. The lowest BCUT2D eigenvalue weighted by Crippen LogP contribution is -2.41. The van der Waals surface area contributed by atoms with Crippen molar-refractivity contribution in [2.75, 3.05) is 55.2 Å². The number of anilines is 2. The average molecular weight is 398 g/mol. The molecule has 1 saturated heterocycles. The van der Waals surface area contributed by atoms with Crippen molar-refractivity contribution in [1.29, 1.82) is 0 Å². The van der Waals surface area contributed by atoms with Gasteiger partial charge < -0.3 is 15.4 Å². The summed E-state index contributed by atoms with van der Waals surface area (Å²) in [6.45, 7) is 5.63. The van der Waals surface area contributed by atoms with Crippen molar-refractivity contribution in [2.45, 2.75) is 13.3 Å². The third-order valence-corrected chi connectivity index (χ3v) is 5.20. The zero-order valence-corrected chi connectivity index (χ0v) is 16.2. The normalized spacial score (nSPS) is 15.1. The molecule has 0 radical (unpaired) electrons. The molecule has 3 N–H and O–H groups in total. The minimum atomic E-state index is -3.67. The molecular weight excluding hydrogens is 372 g/mol. The third-order valence-electron chi connectivity index (χ3n) is 3.91. The van der Waals surface area contributed by atoms with Crippen LogP contribution in [-0.2, 0) is 24.3 Å². The first-order chi connectivity index (χ1) is 12.8. The molecule has 1 fully saturated rings. The van der Waals surface area contributed by atoms with Gasteiger partial charge in [-0.1, -0.05) is 6.07 Å². The Morgan fingerprint density at radius 3 is 2.59 bits per heavy atom.